The Labute approximate surface area is 222 Å². The molecule has 1 aliphatic heterocycles. The van der Waals surface area contributed by atoms with E-state index in [1.165, 1.54) is 6.92 Å². The van der Waals surface area contributed by atoms with Crippen LogP contribution in [-0.2, 0) is 32.9 Å². The first-order valence-electron chi connectivity index (χ1n) is 11.6. The second-order valence-electron chi connectivity index (χ2n) is 8.96. The van der Waals surface area contributed by atoms with Gasteiger partial charge in [-0.25, -0.2) is 9.36 Å². The van der Waals surface area contributed by atoms with Crippen molar-refractivity contribution in [3.63, 3.8) is 0 Å². The fourth-order valence-electron chi connectivity index (χ4n) is 4.29. The topological polar surface area (TPSA) is 130 Å². The molecule has 3 aromatic rings. The number of aromatic nitrogens is 3. The number of aromatic amines is 1. The molecule has 0 aliphatic carbocycles. The van der Waals surface area contributed by atoms with Gasteiger partial charge >= 0.3 is 25.8 Å². The molecular weight excluding hydrogens is 573 g/mol. The van der Waals surface area contributed by atoms with Crippen LogP contribution in [0.5, 0.6) is 0 Å². The Hall–Kier alpha value is -3.01. The van der Waals surface area contributed by atoms with Crippen molar-refractivity contribution < 1.29 is 50.2 Å². The molecule has 1 aliphatic rings. The molecule has 10 nitrogen and oxygen atoms in total. The van der Waals surface area contributed by atoms with Crippen LogP contribution < -0.4 is 5.69 Å². The first-order valence-corrected chi connectivity index (χ1v) is 13.2. The van der Waals surface area contributed by atoms with Gasteiger partial charge in [-0.05, 0) is 36.2 Å². The molecule has 2 aromatic carbocycles. The standard InChI is InChI=1S/C23H23F6N4O6P/c1-13(15-9-16(22(24,25)26)11-17(10-15)23(27,28)29)39-20-19(14-5-3-2-4-6-14)32(7-8-38-20)12-18-30-21(34)33(31-18)40(35,36)37/h2-6,9-11,13,19-20H,7-8,12H2,1H3,(H,30,31,34)(H2,35,36,37)/t13-,19-,20+/m1/s1. The van der Waals surface area contributed by atoms with Gasteiger partial charge in [0.25, 0.3) is 0 Å². The first-order chi connectivity index (χ1) is 18.5. The van der Waals surface area contributed by atoms with Gasteiger partial charge in [0.05, 0.1) is 36.4 Å². The summed E-state index contributed by atoms with van der Waals surface area (Å²) < 4.78 is 103. The average molecular weight is 596 g/mol. The van der Waals surface area contributed by atoms with Crippen LogP contribution in [0.2, 0.25) is 0 Å². The third-order valence-electron chi connectivity index (χ3n) is 6.12. The van der Waals surface area contributed by atoms with Crippen LogP contribution in [0.3, 0.4) is 0 Å². The number of morpholine rings is 1. The van der Waals surface area contributed by atoms with E-state index in [0.29, 0.717) is 17.7 Å². The molecule has 1 fully saturated rings. The fraction of sp³-hybridized carbons (Fsp3) is 0.391. The van der Waals surface area contributed by atoms with E-state index >= 15 is 0 Å². The molecule has 2 heterocycles. The van der Waals surface area contributed by atoms with Crippen molar-refractivity contribution >= 4 is 7.75 Å². The number of rotatable bonds is 7. The average Bonchev–Trinajstić information content (AvgIpc) is 3.24. The Morgan fingerprint density at radius 3 is 2.23 bits per heavy atom. The minimum Gasteiger partial charge on any atom is -0.349 e. The second kappa shape index (κ2) is 11.1. The summed E-state index contributed by atoms with van der Waals surface area (Å²) >= 11 is 0. The van der Waals surface area contributed by atoms with E-state index in [-0.39, 0.29) is 41.6 Å². The fourth-order valence-corrected chi connectivity index (χ4v) is 4.80. The Balaban J connectivity index is 1.66. The van der Waals surface area contributed by atoms with Gasteiger partial charge in [0.2, 0.25) is 0 Å². The largest absolute Gasteiger partial charge is 0.454 e. The van der Waals surface area contributed by atoms with Crippen molar-refractivity contribution in [1.29, 1.82) is 0 Å². The highest BCUT2D eigenvalue weighted by molar-refractivity contribution is 7.49. The molecule has 3 atom stereocenters. The zero-order valence-corrected chi connectivity index (χ0v) is 21.5. The zero-order valence-electron chi connectivity index (χ0n) is 20.6. The lowest BCUT2D eigenvalue weighted by atomic mass is 10.0. The van der Waals surface area contributed by atoms with Crippen LogP contribution in [0.15, 0.2) is 53.3 Å². The minimum absolute atomic E-state index is 0.00222. The van der Waals surface area contributed by atoms with Crippen LogP contribution in [0.25, 0.3) is 0 Å². The molecule has 1 aromatic heterocycles. The minimum atomic E-state index is -5.03. The predicted octanol–water partition coefficient (Wildman–Crippen LogP) is 4.23. The van der Waals surface area contributed by atoms with E-state index in [1.807, 2.05) is 0 Å². The molecule has 0 bridgehead atoms. The molecule has 0 spiro atoms. The van der Waals surface area contributed by atoms with Gasteiger partial charge in [-0.3, -0.25) is 9.88 Å². The van der Waals surface area contributed by atoms with E-state index < -0.39 is 55.4 Å². The molecular formula is C23H23F6N4O6P. The summed E-state index contributed by atoms with van der Waals surface area (Å²) in [4.78, 5) is 34.5. The summed E-state index contributed by atoms with van der Waals surface area (Å²) in [5, 5.41) is 3.65. The Morgan fingerprint density at radius 2 is 1.70 bits per heavy atom. The lowest BCUT2D eigenvalue weighted by Gasteiger charge is -2.41. The third kappa shape index (κ3) is 6.82. The number of benzene rings is 2. The zero-order chi connectivity index (χ0) is 29.5. The smallest absolute Gasteiger partial charge is 0.349 e. The summed E-state index contributed by atoms with van der Waals surface area (Å²) in [7, 11) is -5.03. The molecule has 3 N–H and O–H groups in total. The Kier molecular flexibility index (Phi) is 8.32. The number of ether oxygens (including phenoxy) is 2. The van der Waals surface area contributed by atoms with Gasteiger partial charge in [-0.2, -0.15) is 26.3 Å². The second-order valence-corrected chi connectivity index (χ2v) is 10.4. The van der Waals surface area contributed by atoms with Gasteiger partial charge in [-0.1, -0.05) is 30.3 Å². The van der Waals surface area contributed by atoms with E-state index in [2.05, 4.69) is 10.1 Å². The van der Waals surface area contributed by atoms with Gasteiger partial charge in [-0.15, -0.1) is 9.55 Å². The third-order valence-corrected chi connectivity index (χ3v) is 6.88. The highest BCUT2D eigenvalue weighted by Crippen LogP contribution is 2.40. The maximum atomic E-state index is 13.4. The highest BCUT2D eigenvalue weighted by atomic mass is 31.2. The summed E-state index contributed by atoms with van der Waals surface area (Å²) in [6.45, 7) is 1.36. The van der Waals surface area contributed by atoms with Crippen LogP contribution in [0, 0.1) is 0 Å². The SMILES string of the molecule is C[C@@H](O[C@@H]1OCCN(Cc2nn(P(=O)(O)O)c(=O)[nH]2)[C@@H]1c1ccccc1)c1cc(C(F)(F)F)cc(C(F)(F)F)c1. The molecule has 17 heteroatoms. The molecule has 0 saturated carbocycles. The van der Waals surface area contributed by atoms with E-state index in [1.54, 1.807) is 35.2 Å². The monoisotopic (exact) mass is 596 g/mol. The van der Waals surface area contributed by atoms with Crippen molar-refractivity contribution in [3.8, 4) is 0 Å². The van der Waals surface area contributed by atoms with Crippen LogP contribution >= 0.6 is 7.75 Å². The predicted molar refractivity (Wildman–Crippen MR) is 126 cm³/mol. The van der Waals surface area contributed by atoms with E-state index in [9.17, 15) is 45.5 Å². The quantitative estimate of drug-likeness (QED) is 0.273. The Bertz CT molecular complexity index is 1410. The van der Waals surface area contributed by atoms with E-state index in [4.69, 9.17) is 9.47 Å². The summed E-state index contributed by atoms with van der Waals surface area (Å²) in [5.74, 6) is -0.101. The molecule has 0 radical (unpaired) electrons. The van der Waals surface area contributed by atoms with Crippen molar-refractivity contribution in [3.05, 3.63) is 87.1 Å². The number of nitrogens with one attached hydrogen (secondary N) is 1. The number of nitrogens with zero attached hydrogens (tertiary/aromatic N) is 3. The van der Waals surface area contributed by atoms with Gasteiger partial charge < -0.3 is 19.3 Å². The molecule has 0 unspecified atom stereocenters. The van der Waals surface area contributed by atoms with Gasteiger partial charge in [0.15, 0.2) is 6.29 Å². The van der Waals surface area contributed by atoms with Crippen LogP contribution in [0.1, 0.15) is 47.1 Å². The van der Waals surface area contributed by atoms with Crippen molar-refractivity contribution in [1.82, 2.24) is 19.4 Å². The number of hydrogen-bond donors (Lipinski definition) is 3. The van der Waals surface area contributed by atoms with Gasteiger partial charge in [0.1, 0.15) is 5.82 Å². The lowest BCUT2D eigenvalue weighted by Crippen LogP contribution is -2.46. The number of halogens is 6. The van der Waals surface area contributed by atoms with Crippen molar-refractivity contribution in [2.75, 3.05) is 13.2 Å². The number of alkyl halides is 6. The van der Waals surface area contributed by atoms with Crippen molar-refractivity contribution in [2.45, 2.75) is 44.3 Å². The number of H-pyrrole nitrogens is 1. The number of hydrogen-bond acceptors (Lipinski definition) is 6. The maximum absolute atomic E-state index is 13.4. The highest BCUT2D eigenvalue weighted by Gasteiger charge is 2.39. The normalized spacial score (nSPS) is 20.0. The van der Waals surface area contributed by atoms with Crippen LogP contribution in [0.4, 0.5) is 26.3 Å². The molecule has 218 valence electrons. The summed E-state index contributed by atoms with van der Waals surface area (Å²) in [5.41, 5.74) is -3.89. The van der Waals surface area contributed by atoms with Gasteiger partial charge in [0, 0.05) is 6.54 Å². The molecule has 0 amide bonds. The summed E-state index contributed by atoms with van der Waals surface area (Å²) in [6.07, 6.45) is -12.6. The summed E-state index contributed by atoms with van der Waals surface area (Å²) in [6, 6.07) is 8.87. The lowest BCUT2D eigenvalue weighted by molar-refractivity contribution is -0.231. The maximum Gasteiger partial charge on any atom is 0.454 e. The molecule has 40 heavy (non-hydrogen) atoms. The van der Waals surface area contributed by atoms with E-state index in [0.717, 1.165) is 0 Å². The first kappa shape index (κ1) is 30.0. The molecule has 4 rings (SSSR count). The van der Waals surface area contributed by atoms with Crippen molar-refractivity contribution in [2.24, 2.45) is 0 Å². The Morgan fingerprint density at radius 1 is 1.10 bits per heavy atom. The molecule has 1 saturated heterocycles. The van der Waals surface area contributed by atoms with Crippen LogP contribution in [-0.4, -0.2) is 48.7 Å².